The summed E-state index contributed by atoms with van der Waals surface area (Å²) in [6.07, 6.45) is -0.991. The molecule has 138 valence electrons. The van der Waals surface area contributed by atoms with Crippen LogP contribution in [0.5, 0.6) is 5.75 Å². The molecule has 0 aliphatic rings. The third-order valence-electron chi connectivity index (χ3n) is 4.11. The second-order valence-corrected chi connectivity index (χ2v) is 6.28. The summed E-state index contributed by atoms with van der Waals surface area (Å²) in [7, 11) is 1.57. The highest BCUT2D eigenvalue weighted by molar-refractivity contribution is 6.33. The SMILES string of the molecule is COc1ccc(C(=O)O[C@@H](C)C(=O)Nc2ccccc2Cl)c2ccccc12. The lowest BCUT2D eigenvalue weighted by molar-refractivity contribution is -0.123. The lowest BCUT2D eigenvalue weighted by atomic mass is 10.0. The summed E-state index contributed by atoms with van der Waals surface area (Å²) in [5, 5.41) is 4.55. The fraction of sp³-hybridized carbons (Fsp3) is 0.143. The van der Waals surface area contributed by atoms with Crippen LogP contribution in [0.2, 0.25) is 5.02 Å². The average Bonchev–Trinajstić information content (AvgIpc) is 2.68. The van der Waals surface area contributed by atoms with E-state index in [2.05, 4.69) is 5.32 Å². The first-order chi connectivity index (χ1) is 13.0. The van der Waals surface area contributed by atoms with E-state index in [-0.39, 0.29) is 0 Å². The van der Waals surface area contributed by atoms with E-state index in [9.17, 15) is 9.59 Å². The van der Waals surface area contributed by atoms with E-state index in [1.54, 1.807) is 43.5 Å². The summed E-state index contributed by atoms with van der Waals surface area (Å²) < 4.78 is 10.7. The Hall–Kier alpha value is -3.05. The summed E-state index contributed by atoms with van der Waals surface area (Å²) in [6, 6.07) is 17.5. The van der Waals surface area contributed by atoms with Crippen molar-refractivity contribution < 1.29 is 19.1 Å². The van der Waals surface area contributed by atoms with E-state index in [1.807, 2.05) is 24.3 Å². The van der Waals surface area contributed by atoms with Crippen LogP contribution in [0.3, 0.4) is 0 Å². The highest BCUT2D eigenvalue weighted by Crippen LogP contribution is 2.29. The fourth-order valence-corrected chi connectivity index (χ4v) is 2.88. The minimum atomic E-state index is -0.991. The molecule has 0 saturated heterocycles. The zero-order valence-corrected chi connectivity index (χ0v) is 15.6. The molecule has 0 heterocycles. The van der Waals surface area contributed by atoms with E-state index in [0.29, 0.717) is 27.4 Å². The van der Waals surface area contributed by atoms with Crippen molar-refractivity contribution in [3.05, 3.63) is 71.2 Å². The molecule has 0 bridgehead atoms. The summed E-state index contributed by atoms with van der Waals surface area (Å²) in [5.74, 6) is -0.392. The van der Waals surface area contributed by atoms with Crippen LogP contribution in [0.1, 0.15) is 17.3 Å². The van der Waals surface area contributed by atoms with Crippen molar-refractivity contribution in [2.75, 3.05) is 12.4 Å². The number of methoxy groups -OCH3 is 1. The molecule has 0 saturated carbocycles. The van der Waals surface area contributed by atoms with Gasteiger partial charge in [-0.2, -0.15) is 0 Å². The van der Waals surface area contributed by atoms with Crippen LogP contribution in [-0.2, 0) is 9.53 Å². The zero-order chi connectivity index (χ0) is 19.4. The van der Waals surface area contributed by atoms with Gasteiger partial charge in [0.15, 0.2) is 6.10 Å². The van der Waals surface area contributed by atoms with Gasteiger partial charge in [-0.3, -0.25) is 4.79 Å². The van der Waals surface area contributed by atoms with Gasteiger partial charge < -0.3 is 14.8 Å². The Morgan fingerprint density at radius 1 is 0.963 bits per heavy atom. The Labute approximate surface area is 161 Å². The quantitative estimate of drug-likeness (QED) is 0.649. The van der Waals surface area contributed by atoms with Gasteiger partial charge in [-0.05, 0) is 36.6 Å². The average molecular weight is 384 g/mol. The third-order valence-corrected chi connectivity index (χ3v) is 4.44. The molecular weight excluding hydrogens is 366 g/mol. The highest BCUT2D eigenvalue weighted by atomic mass is 35.5. The van der Waals surface area contributed by atoms with Gasteiger partial charge in [-0.1, -0.05) is 48.0 Å². The van der Waals surface area contributed by atoms with E-state index < -0.39 is 18.0 Å². The number of hydrogen-bond acceptors (Lipinski definition) is 4. The molecule has 3 rings (SSSR count). The number of carbonyl (C=O) groups is 2. The molecule has 0 aliphatic carbocycles. The Morgan fingerprint density at radius 2 is 1.63 bits per heavy atom. The van der Waals surface area contributed by atoms with Crippen molar-refractivity contribution in [3.8, 4) is 5.75 Å². The zero-order valence-electron chi connectivity index (χ0n) is 14.9. The van der Waals surface area contributed by atoms with E-state index in [0.717, 1.165) is 5.39 Å². The maximum atomic E-state index is 12.6. The number of esters is 1. The van der Waals surface area contributed by atoms with Crippen LogP contribution < -0.4 is 10.1 Å². The van der Waals surface area contributed by atoms with Gasteiger partial charge in [0.05, 0.1) is 23.4 Å². The molecule has 3 aromatic carbocycles. The fourth-order valence-electron chi connectivity index (χ4n) is 2.70. The molecule has 6 heteroatoms. The largest absolute Gasteiger partial charge is 0.496 e. The van der Waals surface area contributed by atoms with Crippen molar-refractivity contribution in [1.29, 1.82) is 0 Å². The van der Waals surface area contributed by atoms with Gasteiger partial charge in [0.2, 0.25) is 0 Å². The topological polar surface area (TPSA) is 64.6 Å². The first kappa shape index (κ1) is 18.7. The van der Waals surface area contributed by atoms with Gasteiger partial charge in [-0.15, -0.1) is 0 Å². The normalized spacial score (nSPS) is 11.7. The van der Waals surface area contributed by atoms with Crippen LogP contribution in [-0.4, -0.2) is 25.1 Å². The highest BCUT2D eigenvalue weighted by Gasteiger charge is 2.21. The molecule has 0 unspecified atom stereocenters. The van der Waals surface area contributed by atoms with Gasteiger partial charge >= 0.3 is 5.97 Å². The number of amides is 1. The van der Waals surface area contributed by atoms with Crippen molar-refractivity contribution in [3.63, 3.8) is 0 Å². The van der Waals surface area contributed by atoms with Crippen LogP contribution in [0.15, 0.2) is 60.7 Å². The number of fused-ring (bicyclic) bond motifs is 1. The molecule has 27 heavy (non-hydrogen) atoms. The van der Waals surface area contributed by atoms with E-state index in [4.69, 9.17) is 21.1 Å². The Bertz CT molecular complexity index is 1000. The van der Waals surface area contributed by atoms with Crippen LogP contribution >= 0.6 is 11.6 Å². The molecule has 0 aliphatic heterocycles. The van der Waals surface area contributed by atoms with Crippen LogP contribution in [0.4, 0.5) is 5.69 Å². The third kappa shape index (κ3) is 4.04. The van der Waals surface area contributed by atoms with Gasteiger partial charge in [0, 0.05) is 5.39 Å². The molecule has 0 radical (unpaired) electrons. The van der Waals surface area contributed by atoms with E-state index >= 15 is 0 Å². The number of ether oxygens (including phenoxy) is 2. The molecule has 5 nitrogen and oxygen atoms in total. The standard InChI is InChI=1S/C21H18ClNO4/c1-13(20(24)23-18-10-6-5-9-17(18)22)27-21(25)16-11-12-19(26-2)15-8-4-3-7-14(15)16/h3-13H,1-2H3,(H,23,24)/t13-/m0/s1. The van der Waals surface area contributed by atoms with Crippen LogP contribution in [0, 0.1) is 0 Å². The van der Waals surface area contributed by atoms with Crippen molar-refractivity contribution in [2.45, 2.75) is 13.0 Å². The molecule has 0 spiro atoms. The second-order valence-electron chi connectivity index (χ2n) is 5.88. The summed E-state index contributed by atoms with van der Waals surface area (Å²) in [6.45, 7) is 1.51. The maximum Gasteiger partial charge on any atom is 0.339 e. The number of benzene rings is 3. The molecule has 1 atom stereocenters. The summed E-state index contributed by atoms with van der Waals surface area (Å²) in [5.41, 5.74) is 0.825. The molecular formula is C21H18ClNO4. The predicted molar refractivity (Wildman–Crippen MR) is 105 cm³/mol. The number of carbonyl (C=O) groups excluding carboxylic acids is 2. The minimum Gasteiger partial charge on any atom is -0.496 e. The monoisotopic (exact) mass is 383 g/mol. The lowest BCUT2D eigenvalue weighted by Crippen LogP contribution is -2.30. The Kier molecular flexibility index (Phi) is 5.62. The number of para-hydroxylation sites is 1. The number of anilines is 1. The van der Waals surface area contributed by atoms with Crippen LogP contribution in [0.25, 0.3) is 10.8 Å². The molecule has 3 aromatic rings. The Morgan fingerprint density at radius 3 is 2.33 bits per heavy atom. The van der Waals surface area contributed by atoms with Gasteiger partial charge in [-0.25, -0.2) is 4.79 Å². The van der Waals surface area contributed by atoms with E-state index in [1.165, 1.54) is 6.92 Å². The number of halogens is 1. The molecule has 0 aromatic heterocycles. The number of nitrogens with one attached hydrogen (secondary N) is 1. The lowest BCUT2D eigenvalue weighted by Gasteiger charge is -2.15. The number of hydrogen-bond donors (Lipinski definition) is 1. The maximum absolute atomic E-state index is 12.6. The van der Waals surface area contributed by atoms with Crippen molar-refractivity contribution in [2.24, 2.45) is 0 Å². The first-order valence-corrected chi connectivity index (χ1v) is 8.71. The second kappa shape index (κ2) is 8.10. The smallest absolute Gasteiger partial charge is 0.339 e. The molecule has 0 fully saturated rings. The summed E-state index contributed by atoms with van der Waals surface area (Å²) in [4.78, 5) is 25.0. The predicted octanol–water partition coefficient (Wildman–Crippen LogP) is 4.69. The van der Waals surface area contributed by atoms with Gasteiger partial charge in [0.1, 0.15) is 5.75 Å². The molecule has 1 amide bonds. The molecule has 1 N–H and O–H groups in total. The van der Waals surface area contributed by atoms with Crippen molar-refractivity contribution in [1.82, 2.24) is 0 Å². The number of rotatable bonds is 5. The minimum absolute atomic E-state index is 0.365. The summed E-state index contributed by atoms with van der Waals surface area (Å²) >= 11 is 6.03. The van der Waals surface area contributed by atoms with Crippen molar-refractivity contribution >= 4 is 39.9 Å². The first-order valence-electron chi connectivity index (χ1n) is 8.33. The Balaban J connectivity index is 1.78. The van der Waals surface area contributed by atoms with Gasteiger partial charge in [0.25, 0.3) is 5.91 Å².